The second kappa shape index (κ2) is 6.69. The van der Waals surface area contributed by atoms with Crippen LogP contribution in [0.4, 0.5) is 0 Å². The van der Waals surface area contributed by atoms with Crippen LogP contribution in [-0.2, 0) is 19.0 Å². The molecule has 1 N–H and O–H groups in total. The van der Waals surface area contributed by atoms with Crippen molar-refractivity contribution in [3.63, 3.8) is 0 Å². The van der Waals surface area contributed by atoms with E-state index < -0.39 is 8.15 Å². The first-order valence-electron chi connectivity index (χ1n) is 7.56. The zero-order valence-electron chi connectivity index (χ0n) is 11.7. The summed E-state index contributed by atoms with van der Waals surface area (Å²) in [6.45, 7) is 1.90. The van der Waals surface area contributed by atoms with E-state index in [0.717, 1.165) is 44.6 Å². The van der Waals surface area contributed by atoms with Crippen LogP contribution in [0, 0.1) is 11.8 Å². The van der Waals surface area contributed by atoms with Gasteiger partial charge in [-0.25, -0.2) is 0 Å². The van der Waals surface area contributed by atoms with Gasteiger partial charge in [0.1, 0.15) is 12.7 Å². The van der Waals surface area contributed by atoms with Crippen molar-refractivity contribution < 1.29 is 23.9 Å². The third kappa shape index (κ3) is 4.39. The molecule has 2 aliphatic heterocycles. The van der Waals surface area contributed by atoms with E-state index in [2.05, 4.69) is 0 Å². The van der Waals surface area contributed by atoms with Crippen LogP contribution < -0.4 is 0 Å². The number of carbonyl (C=O) groups is 1. The Kier molecular flexibility index (Phi) is 4.92. The van der Waals surface area contributed by atoms with E-state index in [4.69, 9.17) is 14.2 Å². The van der Waals surface area contributed by atoms with Crippen molar-refractivity contribution >= 4 is 14.1 Å². The number of ether oxygens (including phenoxy) is 3. The Balaban J connectivity index is 1.47. The molecule has 0 aromatic carbocycles. The molecule has 0 aromatic heterocycles. The zero-order chi connectivity index (χ0) is 13.9. The summed E-state index contributed by atoms with van der Waals surface area (Å²) in [5.41, 5.74) is 0. The second-order valence-corrected chi connectivity index (χ2v) is 7.81. The molecular formula is C14H23O5P. The van der Waals surface area contributed by atoms with Gasteiger partial charge in [0.05, 0.1) is 25.2 Å². The van der Waals surface area contributed by atoms with Crippen molar-refractivity contribution in [1.82, 2.24) is 0 Å². The van der Waals surface area contributed by atoms with Crippen LogP contribution in [0.1, 0.15) is 25.7 Å². The smallest absolute Gasteiger partial charge is 0.309 e. The Morgan fingerprint density at radius 1 is 1.15 bits per heavy atom. The average Bonchev–Trinajstić information content (AvgIpc) is 3.31. The Labute approximate surface area is 120 Å². The largest absolute Gasteiger partial charge is 0.463 e. The lowest BCUT2D eigenvalue weighted by atomic mass is 9.80. The molecule has 5 unspecified atom stereocenters. The van der Waals surface area contributed by atoms with E-state index in [9.17, 15) is 9.69 Å². The summed E-state index contributed by atoms with van der Waals surface area (Å²) in [5, 5.41) is 0. The molecule has 3 aliphatic rings. The minimum Gasteiger partial charge on any atom is -0.463 e. The van der Waals surface area contributed by atoms with Crippen molar-refractivity contribution in [2.24, 2.45) is 11.8 Å². The molecule has 3 fully saturated rings. The van der Waals surface area contributed by atoms with Crippen LogP contribution >= 0.6 is 8.15 Å². The maximum atomic E-state index is 12.2. The van der Waals surface area contributed by atoms with Crippen LogP contribution in [0.5, 0.6) is 0 Å². The number of rotatable bonds is 7. The van der Waals surface area contributed by atoms with E-state index >= 15 is 0 Å². The van der Waals surface area contributed by atoms with Gasteiger partial charge < -0.3 is 19.1 Å². The van der Waals surface area contributed by atoms with Gasteiger partial charge in [0.2, 0.25) is 0 Å². The summed E-state index contributed by atoms with van der Waals surface area (Å²) in [4.78, 5) is 22.3. The maximum absolute atomic E-state index is 12.2. The predicted molar refractivity (Wildman–Crippen MR) is 74.8 cm³/mol. The van der Waals surface area contributed by atoms with E-state index in [1.54, 1.807) is 0 Å². The summed E-state index contributed by atoms with van der Waals surface area (Å²) in [7, 11) is -0.999. The van der Waals surface area contributed by atoms with Crippen molar-refractivity contribution in [3.05, 3.63) is 0 Å². The molecule has 1 aliphatic carbocycles. The molecule has 0 radical (unpaired) electrons. The van der Waals surface area contributed by atoms with Crippen molar-refractivity contribution in [3.8, 4) is 0 Å². The first-order valence-corrected chi connectivity index (χ1v) is 9.22. The molecule has 6 heteroatoms. The summed E-state index contributed by atoms with van der Waals surface area (Å²) in [6.07, 6.45) is 6.10. The Morgan fingerprint density at radius 3 is 2.55 bits per heavy atom. The molecule has 0 spiro atoms. The zero-order valence-corrected chi connectivity index (χ0v) is 12.6. The van der Waals surface area contributed by atoms with Crippen LogP contribution in [0.3, 0.4) is 0 Å². The summed E-state index contributed by atoms with van der Waals surface area (Å²) in [6, 6.07) is 0. The highest BCUT2D eigenvalue weighted by Crippen LogP contribution is 2.42. The monoisotopic (exact) mass is 302 g/mol. The average molecular weight is 302 g/mol. The Morgan fingerprint density at radius 2 is 1.85 bits per heavy atom. The van der Waals surface area contributed by atoms with Gasteiger partial charge in [-0.2, -0.15) is 0 Å². The molecule has 1 saturated carbocycles. The molecule has 3 rings (SSSR count). The van der Waals surface area contributed by atoms with Gasteiger partial charge in [-0.15, -0.1) is 0 Å². The second-order valence-electron chi connectivity index (χ2n) is 6.06. The highest BCUT2D eigenvalue weighted by molar-refractivity contribution is 7.51. The van der Waals surface area contributed by atoms with E-state index in [-0.39, 0.29) is 30.0 Å². The highest BCUT2D eigenvalue weighted by atomic mass is 31.1. The highest BCUT2D eigenvalue weighted by Gasteiger charge is 2.36. The van der Waals surface area contributed by atoms with Crippen molar-refractivity contribution in [2.45, 2.75) is 37.9 Å². The van der Waals surface area contributed by atoms with Gasteiger partial charge in [0.15, 0.2) is 0 Å². The SMILES string of the molecule is O=C(OCC1CO1)C1CCCCC1CP(O)CC1CO1. The third-order valence-electron chi connectivity index (χ3n) is 4.29. The molecule has 114 valence electrons. The molecule has 2 saturated heterocycles. The van der Waals surface area contributed by atoms with Gasteiger partial charge in [-0.1, -0.05) is 12.8 Å². The van der Waals surface area contributed by atoms with Crippen LogP contribution in [-0.4, -0.2) is 55.2 Å². The Hall–Kier alpha value is -0.220. The minimum absolute atomic E-state index is 0.0280. The molecule has 5 nitrogen and oxygen atoms in total. The molecule has 20 heavy (non-hydrogen) atoms. The lowest BCUT2D eigenvalue weighted by Gasteiger charge is -2.31. The topological polar surface area (TPSA) is 71.6 Å². The molecule has 5 atom stereocenters. The van der Waals surface area contributed by atoms with Crippen molar-refractivity contribution in [2.75, 3.05) is 32.1 Å². The van der Waals surface area contributed by atoms with E-state index in [0.29, 0.717) is 13.2 Å². The summed E-state index contributed by atoms with van der Waals surface area (Å²) < 4.78 is 15.6. The normalized spacial score (nSPS) is 37.2. The molecule has 2 heterocycles. The summed E-state index contributed by atoms with van der Waals surface area (Å²) in [5.74, 6) is 0.169. The number of carbonyl (C=O) groups excluding carboxylic acids is 1. The summed E-state index contributed by atoms with van der Waals surface area (Å²) >= 11 is 0. The maximum Gasteiger partial charge on any atom is 0.309 e. The van der Waals surface area contributed by atoms with Gasteiger partial charge in [-0.05, 0) is 24.9 Å². The van der Waals surface area contributed by atoms with Crippen molar-refractivity contribution in [1.29, 1.82) is 0 Å². The molecule has 0 amide bonds. The Bertz CT molecular complexity index is 342. The fourth-order valence-corrected chi connectivity index (χ4v) is 4.75. The third-order valence-corrected chi connectivity index (χ3v) is 6.01. The van der Waals surface area contributed by atoms with Gasteiger partial charge in [0.25, 0.3) is 0 Å². The fourth-order valence-electron chi connectivity index (χ4n) is 2.94. The number of hydrogen-bond acceptors (Lipinski definition) is 5. The fraction of sp³-hybridized carbons (Fsp3) is 0.929. The van der Waals surface area contributed by atoms with Crippen LogP contribution in [0.25, 0.3) is 0 Å². The van der Waals surface area contributed by atoms with E-state index in [1.165, 1.54) is 0 Å². The first-order chi connectivity index (χ1) is 9.72. The molecule has 0 aromatic rings. The predicted octanol–water partition coefficient (Wildman–Crippen LogP) is 1.52. The van der Waals surface area contributed by atoms with Crippen LogP contribution in [0.15, 0.2) is 0 Å². The number of hydrogen-bond donors (Lipinski definition) is 1. The number of esters is 1. The van der Waals surface area contributed by atoms with Gasteiger partial charge in [-0.3, -0.25) is 4.79 Å². The van der Waals surface area contributed by atoms with Gasteiger partial charge in [0, 0.05) is 14.3 Å². The van der Waals surface area contributed by atoms with Crippen LogP contribution in [0.2, 0.25) is 0 Å². The quantitative estimate of drug-likeness (QED) is 0.438. The van der Waals surface area contributed by atoms with E-state index in [1.807, 2.05) is 0 Å². The minimum atomic E-state index is -0.999. The first kappa shape index (κ1) is 14.7. The number of epoxide rings is 2. The van der Waals surface area contributed by atoms with Gasteiger partial charge >= 0.3 is 5.97 Å². The molecular weight excluding hydrogens is 279 g/mol. The molecule has 0 bridgehead atoms. The standard InChI is InChI=1S/C14H23O5P/c15-14(19-6-11-5-17-11)13-4-2-1-3-10(13)8-20(16)9-12-7-18-12/h10-13,16H,1-9H2. The lowest BCUT2D eigenvalue weighted by Crippen LogP contribution is -2.31. The lowest BCUT2D eigenvalue weighted by molar-refractivity contribution is -0.151.